The number of carbonyl (C=O) groups excluding carboxylic acids is 1. The van der Waals surface area contributed by atoms with E-state index in [2.05, 4.69) is 26.9 Å². The van der Waals surface area contributed by atoms with Crippen molar-refractivity contribution in [1.82, 2.24) is 19.9 Å². The number of ether oxygens (including phenoxy) is 1. The maximum Gasteiger partial charge on any atom is 0.255 e. The van der Waals surface area contributed by atoms with Gasteiger partial charge in [0.15, 0.2) is 17.1 Å². The van der Waals surface area contributed by atoms with Crippen LogP contribution in [0, 0.1) is 0 Å². The highest BCUT2D eigenvalue weighted by atomic mass is 16.5. The standard InChI is InChI=1S/C20H21N5O3/c1-2-12-28-16-5-3-4-15(19(16)26)20(27)22-14-8-10-24(13-14)18-7-6-17-21-9-11-25(17)23-18/h2-7,9,11,14,26H,1,8,10,12-13H2,(H,22,27)/t14-/m0/s1. The molecule has 1 aliphatic heterocycles. The largest absolute Gasteiger partial charge is 0.504 e. The quantitative estimate of drug-likeness (QED) is 0.637. The number of phenols is 1. The van der Waals surface area contributed by atoms with Crippen molar-refractivity contribution >= 4 is 17.4 Å². The van der Waals surface area contributed by atoms with Gasteiger partial charge in [-0.3, -0.25) is 4.79 Å². The lowest BCUT2D eigenvalue weighted by atomic mass is 10.1. The van der Waals surface area contributed by atoms with E-state index in [-0.39, 0.29) is 35.6 Å². The molecule has 3 aromatic rings. The van der Waals surface area contributed by atoms with E-state index < -0.39 is 0 Å². The molecule has 0 radical (unpaired) electrons. The molecule has 3 heterocycles. The Bertz CT molecular complexity index is 1020. The van der Waals surface area contributed by atoms with E-state index in [1.165, 1.54) is 0 Å². The predicted octanol–water partition coefficient (Wildman–Crippen LogP) is 2.01. The number of anilines is 1. The molecule has 0 bridgehead atoms. The molecule has 1 fully saturated rings. The van der Waals surface area contributed by atoms with Crippen molar-refractivity contribution in [3.63, 3.8) is 0 Å². The molecule has 0 spiro atoms. The first-order chi connectivity index (χ1) is 13.7. The number of carbonyl (C=O) groups is 1. The number of nitrogens with zero attached hydrogens (tertiary/aromatic N) is 4. The first kappa shape index (κ1) is 17.8. The molecule has 4 rings (SSSR count). The van der Waals surface area contributed by atoms with Gasteiger partial charge in [-0.05, 0) is 30.7 Å². The Morgan fingerprint density at radius 1 is 1.39 bits per heavy atom. The summed E-state index contributed by atoms with van der Waals surface area (Å²) in [6.45, 7) is 5.26. The molecule has 28 heavy (non-hydrogen) atoms. The normalized spacial score (nSPS) is 16.3. The van der Waals surface area contributed by atoms with Crippen LogP contribution in [0.4, 0.5) is 5.82 Å². The number of nitrogens with one attached hydrogen (secondary N) is 1. The highest BCUT2D eigenvalue weighted by molar-refractivity contribution is 5.97. The lowest BCUT2D eigenvalue weighted by Gasteiger charge is -2.18. The number of aromatic hydroxyl groups is 1. The molecule has 2 aromatic heterocycles. The summed E-state index contributed by atoms with van der Waals surface area (Å²) >= 11 is 0. The van der Waals surface area contributed by atoms with Crippen molar-refractivity contribution in [1.29, 1.82) is 0 Å². The molecule has 144 valence electrons. The molecule has 2 N–H and O–H groups in total. The fraction of sp³-hybridized carbons (Fsp3) is 0.250. The zero-order chi connectivity index (χ0) is 19.5. The number of aromatic nitrogens is 3. The number of phenolic OH excluding ortho intramolecular Hbond substituents is 1. The number of fused-ring (bicyclic) bond motifs is 1. The second-order valence-corrected chi connectivity index (χ2v) is 6.58. The molecular weight excluding hydrogens is 358 g/mol. The lowest BCUT2D eigenvalue weighted by molar-refractivity contribution is 0.0937. The van der Waals surface area contributed by atoms with Gasteiger partial charge in [0.05, 0.1) is 5.56 Å². The SMILES string of the molecule is C=CCOc1cccc(C(=O)N[C@H]2CCN(c3ccc4nccn4n3)C2)c1O. The van der Waals surface area contributed by atoms with Crippen molar-refractivity contribution in [2.24, 2.45) is 0 Å². The molecule has 1 aliphatic rings. The summed E-state index contributed by atoms with van der Waals surface area (Å²) in [7, 11) is 0. The van der Waals surface area contributed by atoms with E-state index in [0.29, 0.717) is 6.54 Å². The highest BCUT2D eigenvalue weighted by Crippen LogP contribution is 2.30. The van der Waals surface area contributed by atoms with Gasteiger partial charge in [-0.1, -0.05) is 18.7 Å². The maximum absolute atomic E-state index is 12.6. The molecule has 1 aromatic carbocycles. The van der Waals surface area contributed by atoms with E-state index in [9.17, 15) is 9.90 Å². The number of para-hydroxylation sites is 1. The van der Waals surface area contributed by atoms with Gasteiger partial charge < -0.3 is 20.1 Å². The van der Waals surface area contributed by atoms with Gasteiger partial charge in [0.1, 0.15) is 12.4 Å². The highest BCUT2D eigenvalue weighted by Gasteiger charge is 2.26. The predicted molar refractivity (Wildman–Crippen MR) is 105 cm³/mol. The molecule has 8 nitrogen and oxygen atoms in total. The van der Waals surface area contributed by atoms with Gasteiger partial charge in [0.2, 0.25) is 0 Å². The van der Waals surface area contributed by atoms with Crippen LogP contribution in [0.5, 0.6) is 11.5 Å². The van der Waals surface area contributed by atoms with Gasteiger partial charge in [-0.25, -0.2) is 9.50 Å². The van der Waals surface area contributed by atoms with E-state index in [0.717, 1.165) is 24.4 Å². The number of imidazole rings is 1. The van der Waals surface area contributed by atoms with Crippen molar-refractivity contribution in [3.05, 3.63) is 60.9 Å². The molecule has 1 amide bonds. The maximum atomic E-state index is 12.6. The number of rotatable bonds is 6. The minimum Gasteiger partial charge on any atom is -0.504 e. The number of amides is 1. The topological polar surface area (TPSA) is 92.0 Å². The Kier molecular flexibility index (Phi) is 4.84. The lowest BCUT2D eigenvalue weighted by Crippen LogP contribution is -2.37. The van der Waals surface area contributed by atoms with Gasteiger partial charge in [0, 0.05) is 31.5 Å². The van der Waals surface area contributed by atoms with E-state index in [1.807, 2.05) is 12.1 Å². The van der Waals surface area contributed by atoms with Crippen LogP contribution in [0.15, 0.2) is 55.4 Å². The van der Waals surface area contributed by atoms with Crippen LogP contribution in [-0.2, 0) is 0 Å². The second kappa shape index (κ2) is 7.59. The van der Waals surface area contributed by atoms with Gasteiger partial charge in [-0.2, -0.15) is 0 Å². The monoisotopic (exact) mass is 379 g/mol. The Hall–Kier alpha value is -3.55. The number of benzene rings is 1. The zero-order valence-corrected chi connectivity index (χ0v) is 15.3. The van der Waals surface area contributed by atoms with Crippen molar-refractivity contribution < 1.29 is 14.6 Å². The summed E-state index contributed by atoms with van der Waals surface area (Å²) < 4.78 is 7.11. The molecular formula is C20H21N5O3. The molecule has 1 atom stereocenters. The summed E-state index contributed by atoms with van der Waals surface area (Å²) in [6, 6.07) is 8.68. The Balaban J connectivity index is 1.42. The summed E-state index contributed by atoms with van der Waals surface area (Å²) in [4.78, 5) is 19.0. The molecule has 0 aliphatic carbocycles. The fourth-order valence-corrected chi connectivity index (χ4v) is 3.29. The van der Waals surface area contributed by atoms with Crippen LogP contribution in [0.1, 0.15) is 16.8 Å². The van der Waals surface area contributed by atoms with Crippen molar-refractivity contribution in [2.75, 3.05) is 24.6 Å². The number of hydrogen-bond acceptors (Lipinski definition) is 6. The third kappa shape index (κ3) is 3.48. The Morgan fingerprint density at radius 2 is 2.29 bits per heavy atom. The van der Waals surface area contributed by atoms with Crippen LogP contribution < -0.4 is 15.0 Å². The second-order valence-electron chi connectivity index (χ2n) is 6.58. The summed E-state index contributed by atoms with van der Waals surface area (Å²) in [5.41, 5.74) is 0.986. The average molecular weight is 379 g/mol. The minimum atomic E-state index is -0.327. The van der Waals surface area contributed by atoms with E-state index >= 15 is 0 Å². The fourth-order valence-electron chi connectivity index (χ4n) is 3.29. The van der Waals surface area contributed by atoms with Gasteiger partial charge >= 0.3 is 0 Å². The van der Waals surface area contributed by atoms with Crippen LogP contribution in [0.2, 0.25) is 0 Å². The van der Waals surface area contributed by atoms with E-state index in [1.54, 1.807) is 41.2 Å². The molecule has 0 saturated carbocycles. The van der Waals surface area contributed by atoms with Crippen molar-refractivity contribution in [3.8, 4) is 11.5 Å². The Labute approximate surface area is 162 Å². The van der Waals surface area contributed by atoms with Crippen LogP contribution in [0.25, 0.3) is 5.65 Å². The minimum absolute atomic E-state index is 0.0371. The average Bonchev–Trinajstić information content (AvgIpc) is 3.35. The first-order valence-corrected chi connectivity index (χ1v) is 9.07. The summed E-state index contributed by atoms with van der Waals surface area (Å²) in [5.74, 6) is 0.610. The van der Waals surface area contributed by atoms with Crippen LogP contribution in [0.3, 0.4) is 0 Å². The van der Waals surface area contributed by atoms with Crippen LogP contribution in [-0.4, -0.2) is 51.4 Å². The van der Waals surface area contributed by atoms with Crippen LogP contribution >= 0.6 is 0 Å². The molecule has 8 heteroatoms. The third-order valence-electron chi connectivity index (χ3n) is 4.69. The van der Waals surface area contributed by atoms with Gasteiger partial charge in [0.25, 0.3) is 5.91 Å². The number of hydrogen-bond donors (Lipinski definition) is 2. The first-order valence-electron chi connectivity index (χ1n) is 9.07. The zero-order valence-electron chi connectivity index (χ0n) is 15.3. The molecule has 0 unspecified atom stereocenters. The van der Waals surface area contributed by atoms with E-state index in [4.69, 9.17) is 4.74 Å². The summed E-state index contributed by atoms with van der Waals surface area (Å²) in [6.07, 6.45) is 5.88. The van der Waals surface area contributed by atoms with Crippen molar-refractivity contribution in [2.45, 2.75) is 12.5 Å². The third-order valence-corrected chi connectivity index (χ3v) is 4.69. The molecule has 1 saturated heterocycles. The summed E-state index contributed by atoms with van der Waals surface area (Å²) in [5, 5.41) is 17.9. The Morgan fingerprint density at radius 3 is 3.14 bits per heavy atom. The van der Waals surface area contributed by atoms with Gasteiger partial charge in [-0.15, -0.1) is 5.10 Å². The smallest absolute Gasteiger partial charge is 0.255 e.